The average molecular weight is 677 g/mol. The number of allylic oxidation sites excluding steroid dienone is 1. The molecule has 1 aliphatic rings. The van der Waals surface area contributed by atoms with Crippen LogP contribution in [0.5, 0.6) is 17.2 Å². The van der Waals surface area contributed by atoms with Crippen molar-refractivity contribution >= 4 is 46.0 Å². The molecule has 1 aliphatic heterocycles. The first kappa shape index (κ1) is 29.9. The van der Waals surface area contributed by atoms with E-state index in [9.17, 15) is 9.59 Å². The van der Waals surface area contributed by atoms with Crippen LogP contribution >= 0.6 is 33.9 Å². The fraction of sp³-hybridized carbons (Fsp3) is 0.367. The van der Waals surface area contributed by atoms with E-state index in [0.29, 0.717) is 57.7 Å². The summed E-state index contributed by atoms with van der Waals surface area (Å²) in [6.07, 6.45) is 2.71. The third-order valence-corrected chi connectivity index (χ3v) is 7.89. The quantitative estimate of drug-likeness (QED) is 0.210. The molecule has 1 atom stereocenters. The molecule has 0 aliphatic carbocycles. The lowest BCUT2D eigenvalue weighted by Crippen LogP contribution is -2.39. The Morgan fingerprint density at radius 2 is 1.77 bits per heavy atom. The third kappa shape index (κ3) is 6.27. The lowest BCUT2D eigenvalue weighted by Gasteiger charge is -2.24. The monoisotopic (exact) mass is 676 g/mol. The second kappa shape index (κ2) is 13.5. The van der Waals surface area contributed by atoms with Gasteiger partial charge in [-0.2, -0.15) is 0 Å². The third-order valence-electron chi connectivity index (χ3n) is 6.10. The highest BCUT2D eigenvalue weighted by molar-refractivity contribution is 14.1. The van der Waals surface area contributed by atoms with Crippen LogP contribution < -0.4 is 29.1 Å². The Kier molecular flexibility index (Phi) is 10.1. The molecule has 8 nitrogen and oxygen atoms in total. The van der Waals surface area contributed by atoms with Crippen molar-refractivity contribution in [2.24, 2.45) is 4.99 Å². The second-order valence-corrected chi connectivity index (χ2v) is 11.1. The Labute approximate surface area is 251 Å². The number of aromatic nitrogens is 1. The number of nitrogens with zero attached hydrogens (tertiary/aromatic N) is 2. The van der Waals surface area contributed by atoms with Gasteiger partial charge < -0.3 is 18.9 Å². The van der Waals surface area contributed by atoms with E-state index < -0.39 is 12.0 Å². The summed E-state index contributed by atoms with van der Waals surface area (Å²) in [5, 5.41) is 0. The van der Waals surface area contributed by atoms with E-state index >= 15 is 0 Å². The molecule has 0 bridgehead atoms. The maximum Gasteiger partial charge on any atom is 0.338 e. The van der Waals surface area contributed by atoms with Crippen LogP contribution in [0.25, 0.3) is 6.08 Å². The van der Waals surface area contributed by atoms with Gasteiger partial charge >= 0.3 is 5.97 Å². The van der Waals surface area contributed by atoms with Gasteiger partial charge in [-0.3, -0.25) is 9.36 Å². The highest BCUT2D eigenvalue weighted by Gasteiger charge is 2.33. The Morgan fingerprint density at radius 3 is 2.42 bits per heavy atom. The number of fused-ring (bicyclic) bond motifs is 1. The van der Waals surface area contributed by atoms with Crippen LogP contribution in [0.2, 0.25) is 0 Å². The molecule has 0 amide bonds. The lowest BCUT2D eigenvalue weighted by molar-refractivity contribution is -0.139. The zero-order valence-corrected chi connectivity index (χ0v) is 26.3. The van der Waals surface area contributed by atoms with Crippen LogP contribution in [-0.4, -0.2) is 37.0 Å². The minimum atomic E-state index is -0.683. The van der Waals surface area contributed by atoms with Crippen molar-refractivity contribution in [2.45, 2.75) is 47.1 Å². The smallest absolute Gasteiger partial charge is 0.338 e. The number of hydrogen-bond donors (Lipinski definition) is 0. The summed E-state index contributed by atoms with van der Waals surface area (Å²) in [6.45, 7) is 11.3. The molecule has 0 radical (unpaired) electrons. The largest absolute Gasteiger partial charge is 0.494 e. The molecular formula is C30H33IN2O6S. The fourth-order valence-corrected chi connectivity index (χ4v) is 6.28. The summed E-state index contributed by atoms with van der Waals surface area (Å²) in [7, 11) is 0. The summed E-state index contributed by atoms with van der Waals surface area (Å²) in [5.41, 5.74) is 2.20. The molecule has 212 valence electrons. The van der Waals surface area contributed by atoms with Gasteiger partial charge in [0.15, 0.2) is 16.3 Å². The zero-order valence-electron chi connectivity index (χ0n) is 23.3. The summed E-state index contributed by atoms with van der Waals surface area (Å²) < 4.78 is 25.8. The van der Waals surface area contributed by atoms with Crippen molar-refractivity contribution in [1.29, 1.82) is 0 Å². The number of carbonyl (C=O) groups is 1. The summed E-state index contributed by atoms with van der Waals surface area (Å²) >= 11 is 3.51. The Balaban J connectivity index is 1.87. The summed E-state index contributed by atoms with van der Waals surface area (Å²) in [6, 6.07) is 10.6. The highest BCUT2D eigenvalue weighted by Crippen LogP contribution is 2.35. The molecule has 40 heavy (non-hydrogen) atoms. The molecule has 0 N–H and O–H groups in total. The van der Waals surface area contributed by atoms with Gasteiger partial charge in [0.2, 0.25) is 0 Å². The van der Waals surface area contributed by atoms with Crippen molar-refractivity contribution in [1.82, 2.24) is 4.57 Å². The molecule has 2 heterocycles. The predicted octanol–water partition coefficient (Wildman–Crippen LogP) is 4.99. The lowest BCUT2D eigenvalue weighted by atomic mass is 9.96. The van der Waals surface area contributed by atoms with Crippen LogP contribution in [0.4, 0.5) is 0 Å². The molecule has 0 unspecified atom stereocenters. The number of rotatable bonds is 11. The highest BCUT2D eigenvalue weighted by atomic mass is 127. The van der Waals surface area contributed by atoms with E-state index in [1.165, 1.54) is 11.3 Å². The molecule has 0 saturated carbocycles. The molecule has 0 saturated heterocycles. The molecule has 4 rings (SSSR count). The number of benzene rings is 2. The van der Waals surface area contributed by atoms with E-state index in [2.05, 4.69) is 34.5 Å². The van der Waals surface area contributed by atoms with Gasteiger partial charge in [0, 0.05) is 0 Å². The number of carbonyl (C=O) groups excluding carboxylic acids is 1. The van der Waals surface area contributed by atoms with Crippen LogP contribution in [0, 0.1) is 3.57 Å². The summed E-state index contributed by atoms with van der Waals surface area (Å²) in [5.74, 6) is 1.56. The second-order valence-electron chi connectivity index (χ2n) is 8.92. The van der Waals surface area contributed by atoms with Crippen LogP contribution in [-0.2, 0) is 9.53 Å². The first-order valence-corrected chi connectivity index (χ1v) is 15.2. The standard InChI is InChI=1S/C30H33IN2O6S/c1-6-14-39-27-22(31)15-19(16-23(27)37-8-3)17-24-28(34)33-26(20-10-12-21(13-11-20)36-7-2)25(29(35)38-9-4)18(5)32-30(33)40-24/h10-13,15-17,26H,6-9,14H2,1-5H3/b24-17+/t26-/m0/s1. The minimum absolute atomic E-state index is 0.217. The van der Waals surface area contributed by atoms with Crippen molar-refractivity contribution in [3.8, 4) is 17.2 Å². The normalized spacial score (nSPS) is 14.9. The maximum atomic E-state index is 13.9. The van der Waals surface area contributed by atoms with Crippen LogP contribution in [0.1, 0.15) is 58.2 Å². The van der Waals surface area contributed by atoms with Crippen LogP contribution in [0.3, 0.4) is 0 Å². The van der Waals surface area contributed by atoms with E-state index in [4.69, 9.17) is 18.9 Å². The van der Waals surface area contributed by atoms with E-state index in [0.717, 1.165) is 21.1 Å². The van der Waals surface area contributed by atoms with Gasteiger partial charge in [-0.1, -0.05) is 30.4 Å². The Morgan fingerprint density at radius 1 is 1.05 bits per heavy atom. The predicted molar refractivity (Wildman–Crippen MR) is 164 cm³/mol. The molecule has 3 aromatic rings. The van der Waals surface area contributed by atoms with E-state index in [-0.39, 0.29) is 12.2 Å². The Bertz CT molecular complexity index is 1590. The topological polar surface area (TPSA) is 88.4 Å². The number of halogens is 1. The van der Waals surface area contributed by atoms with Gasteiger partial charge in [-0.05, 0) is 98.2 Å². The van der Waals surface area contributed by atoms with Crippen molar-refractivity contribution < 1.29 is 23.7 Å². The molecule has 0 fully saturated rings. The van der Waals surface area contributed by atoms with E-state index in [1.54, 1.807) is 18.4 Å². The van der Waals surface area contributed by atoms with Crippen molar-refractivity contribution in [3.05, 3.63) is 82.1 Å². The summed E-state index contributed by atoms with van der Waals surface area (Å²) in [4.78, 5) is 32.2. The average Bonchev–Trinajstić information content (AvgIpc) is 3.22. The molecule has 1 aromatic heterocycles. The van der Waals surface area contributed by atoms with Gasteiger partial charge in [0.05, 0.1) is 51.8 Å². The first-order chi connectivity index (χ1) is 19.3. The SMILES string of the molecule is CCCOc1c(I)cc(/C=c2/sc3n(c2=O)[C@@H](c2ccc(OCC)cc2)C(C(=O)OCC)=C(C)N=3)cc1OCC. The van der Waals surface area contributed by atoms with Gasteiger partial charge in [-0.15, -0.1) is 0 Å². The zero-order chi connectivity index (χ0) is 28.8. The van der Waals surface area contributed by atoms with Gasteiger partial charge in [0.25, 0.3) is 5.56 Å². The molecule has 0 spiro atoms. The molecule has 2 aromatic carbocycles. The minimum Gasteiger partial charge on any atom is -0.494 e. The molecule has 10 heteroatoms. The van der Waals surface area contributed by atoms with Crippen molar-refractivity contribution in [2.75, 3.05) is 26.4 Å². The van der Waals surface area contributed by atoms with Gasteiger partial charge in [0.1, 0.15) is 5.75 Å². The number of ether oxygens (including phenoxy) is 4. The fourth-order valence-electron chi connectivity index (χ4n) is 4.45. The number of esters is 1. The van der Waals surface area contributed by atoms with Crippen LogP contribution in [0.15, 0.2) is 57.5 Å². The molecular weight excluding hydrogens is 643 g/mol. The van der Waals surface area contributed by atoms with E-state index in [1.807, 2.05) is 56.3 Å². The maximum absolute atomic E-state index is 13.9. The Hall–Kier alpha value is -3.12. The van der Waals surface area contributed by atoms with Gasteiger partial charge in [-0.25, -0.2) is 9.79 Å². The number of hydrogen-bond acceptors (Lipinski definition) is 8. The van der Waals surface area contributed by atoms with Crippen molar-refractivity contribution in [3.63, 3.8) is 0 Å². The number of thiazole rings is 1. The first-order valence-electron chi connectivity index (χ1n) is 13.3.